The fourth-order valence-electron chi connectivity index (χ4n) is 2.43. The van der Waals surface area contributed by atoms with E-state index in [1.165, 1.54) is 17.0 Å². The first-order chi connectivity index (χ1) is 9.08. The minimum absolute atomic E-state index is 0.618. The summed E-state index contributed by atoms with van der Waals surface area (Å²) < 4.78 is 7.37. The van der Waals surface area contributed by atoms with Crippen LogP contribution in [0.4, 0.5) is 0 Å². The molecule has 0 radical (unpaired) electrons. The largest absolute Gasteiger partial charge is 0.495 e. The summed E-state index contributed by atoms with van der Waals surface area (Å²) in [4.78, 5) is 0. The molecule has 0 bridgehead atoms. The van der Waals surface area contributed by atoms with Crippen molar-refractivity contribution in [2.24, 2.45) is 5.73 Å². The number of hydrogen-bond acceptors (Lipinski definition) is 2. The second-order valence-corrected chi connectivity index (χ2v) is 5.00. The Morgan fingerprint density at radius 1 is 1.26 bits per heavy atom. The Labute approximate surface area is 118 Å². The first kappa shape index (κ1) is 14.0. The lowest BCUT2D eigenvalue weighted by Gasteiger charge is -2.12. The van der Waals surface area contributed by atoms with Gasteiger partial charge in [0, 0.05) is 17.1 Å². The van der Waals surface area contributed by atoms with E-state index in [9.17, 15) is 0 Å². The van der Waals surface area contributed by atoms with Gasteiger partial charge in [-0.05, 0) is 56.6 Å². The van der Waals surface area contributed by atoms with E-state index in [0.717, 1.165) is 12.1 Å². The molecule has 0 fully saturated rings. The van der Waals surface area contributed by atoms with Crippen molar-refractivity contribution in [2.75, 3.05) is 13.7 Å². The van der Waals surface area contributed by atoms with E-state index in [4.69, 9.17) is 22.1 Å². The van der Waals surface area contributed by atoms with Crippen LogP contribution in [0, 0.1) is 13.8 Å². The van der Waals surface area contributed by atoms with Crippen LogP contribution in [0.3, 0.4) is 0 Å². The summed E-state index contributed by atoms with van der Waals surface area (Å²) in [5.74, 6) is 0.690. The normalized spacial score (nSPS) is 10.8. The molecule has 1 heterocycles. The van der Waals surface area contributed by atoms with Crippen molar-refractivity contribution in [2.45, 2.75) is 20.3 Å². The summed E-state index contributed by atoms with van der Waals surface area (Å²) in [5, 5.41) is 0.618. The van der Waals surface area contributed by atoms with Gasteiger partial charge in [0.1, 0.15) is 5.75 Å². The Morgan fingerprint density at radius 2 is 2.00 bits per heavy atom. The average molecular weight is 279 g/mol. The molecule has 0 unspecified atom stereocenters. The standard InChI is InChI=1S/C15H19ClN2O/c1-10-8-12(6-7-17)11(2)18(10)13-4-5-15(19-3)14(16)9-13/h4-5,8-9H,6-7,17H2,1-3H3. The molecular weight excluding hydrogens is 260 g/mol. The summed E-state index contributed by atoms with van der Waals surface area (Å²) in [7, 11) is 1.62. The molecule has 0 saturated carbocycles. The van der Waals surface area contributed by atoms with Gasteiger partial charge in [-0.3, -0.25) is 0 Å². The van der Waals surface area contributed by atoms with Gasteiger partial charge in [-0.1, -0.05) is 11.6 Å². The molecule has 0 saturated heterocycles. The minimum atomic E-state index is 0.618. The van der Waals surface area contributed by atoms with Crippen LogP contribution in [-0.2, 0) is 6.42 Å². The van der Waals surface area contributed by atoms with Crippen molar-refractivity contribution in [1.82, 2.24) is 4.57 Å². The molecule has 0 aliphatic carbocycles. The monoisotopic (exact) mass is 278 g/mol. The van der Waals surface area contributed by atoms with Gasteiger partial charge < -0.3 is 15.0 Å². The minimum Gasteiger partial charge on any atom is -0.495 e. The number of aryl methyl sites for hydroxylation is 1. The molecule has 2 N–H and O–H groups in total. The molecule has 19 heavy (non-hydrogen) atoms. The zero-order valence-electron chi connectivity index (χ0n) is 11.5. The van der Waals surface area contributed by atoms with Gasteiger partial charge in [-0.25, -0.2) is 0 Å². The number of benzene rings is 1. The van der Waals surface area contributed by atoms with E-state index in [0.29, 0.717) is 17.3 Å². The molecule has 1 aromatic heterocycles. The van der Waals surface area contributed by atoms with Crippen molar-refractivity contribution in [1.29, 1.82) is 0 Å². The molecule has 0 aliphatic heterocycles. The van der Waals surface area contributed by atoms with Crippen LogP contribution < -0.4 is 10.5 Å². The number of hydrogen-bond donors (Lipinski definition) is 1. The fourth-order valence-corrected chi connectivity index (χ4v) is 2.68. The first-order valence-corrected chi connectivity index (χ1v) is 6.68. The molecule has 1 aromatic carbocycles. The molecule has 3 nitrogen and oxygen atoms in total. The van der Waals surface area contributed by atoms with Gasteiger partial charge in [0.15, 0.2) is 0 Å². The number of rotatable bonds is 4. The smallest absolute Gasteiger partial charge is 0.137 e. The van der Waals surface area contributed by atoms with Crippen LogP contribution in [0.25, 0.3) is 5.69 Å². The molecule has 0 spiro atoms. The van der Waals surface area contributed by atoms with Gasteiger partial charge in [0.25, 0.3) is 0 Å². The van der Waals surface area contributed by atoms with E-state index in [1.54, 1.807) is 7.11 Å². The van der Waals surface area contributed by atoms with Crippen LogP contribution in [0.1, 0.15) is 17.0 Å². The van der Waals surface area contributed by atoms with Crippen LogP contribution in [0.15, 0.2) is 24.3 Å². The molecule has 2 aromatic rings. The third-order valence-corrected chi connectivity index (χ3v) is 3.64. The molecule has 2 rings (SSSR count). The van der Waals surface area contributed by atoms with Crippen molar-refractivity contribution < 1.29 is 4.74 Å². The maximum atomic E-state index is 6.19. The zero-order chi connectivity index (χ0) is 14.0. The summed E-state index contributed by atoms with van der Waals surface area (Å²) in [6, 6.07) is 8.00. The Balaban J connectivity index is 2.49. The highest BCUT2D eigenvalue weighted by atomic mass is 35.5. The number of methoxy groups -OCH3 is 1. The Bertz CT molecular complexity index is 590. The van der Waals surface area contributed by atoms with Crippen LogP contribution in [0.5, 0.6) is 5.75 Å². The summed E-state index contributed by atoms with van der Waals surface area (Å²) in [5.41, 5.74) is 10.4. The lowest BCUT2D eigenvalue weighted by Crippen LogP contribution is -2.04. The van der Waals surface area contributed by atoms with Gasteiger partial charge in [0.2, 0.25) is 0 Å². The zero-order valence-corrected chi connectivity index (χ0v) is 12.3. The third kappa shape index (κ3) is 2.62. The fraction of sp³-hybridized carbons (Fsp3) is 0.333. The van der Waals surface area contributed by atoms with E-state index >= 15 is 0 Å². The van der Waals surface area contributed by atoms with Gasteiger partial charge >= 0.3 is 0 Å². The third-order valence-electron chi connectivity index (χ3n) is 3.34. The lowest BCUT2D eigenvalue weighted by atomic mass is 10.2. The SMILES string of the molecule is COc1ccc(-n2c(C)cc(CCN)c2C)cc1Cl. The molecule has 0 aliphatic rings. The Hall–Kier alpha value is -1.45. The van der Waals surface area contributed by atoms with Crippen molar-refractivity contribution in [3.8, 4) is 11.4 Å². The number of nitrogens with zero attached hydrogens (tertiary/aromatic N) is 1. The van der Waals surface area contributed by atoms with E-state index in [-0.39, 0.29) is 0 Å². The number of ether oxygens (including phenoxy) is 1. The van der Waals surface area contributed by atoms with Crippen molar-refractivity contribution in [3.63, 3.8) is 0 Å². The number of halogens is 1. The van der Waals surface area contributed by atoms with E-state index < -0.39 is 0 Å². The summed E-state index contributed by atoms with van der Waals surface area (Å²) in [6.45, 7) is 4.86. The van der Waals surface area contributed by atoms with Crippen molar-refractivity contribution in [3.05, 3.63) is 46.2 Å². The second kappa shape index (κ2) is 5.68. The van der Waals surface area contributed by atoms with Gasteiger partial charge in [-0.2, -0.15) is 0 Å². The first-order valence-electron chi connectivity index (χ1n) is 6.30. The van der Waals surface area contributed by atoms with E-state index in [2.05, 4.69) is 24.5 Å². The molecular formula is C15H19ClN2O. The maximum absolute atomic E-state index is 6.19. The quantitative estimate of drug-likeness (QED) is 0.932. The van der Waals surface area contributed by atoms with Crippen LogP contribution >= 0.6 is 11.6 Å². The molecule has 102 valence electrons. The Kier molecular flexibility index (Phi) is 4.17. The number of nitrogens with two attached hydrogens (primary N) is 1. The topological polar surface area (TPSA) is 40.2 Å². The maximum Gasteiger partial charge on any atom is 0.137 e. The van der Waals surface area contributed by atoms with Crippen LogP contribution in [-0.4, -0.2) is 18.2 Å². The average Bonchev–Trinajstić information content (AvgIpc) is 2.65. The highest BCUT2D eigenvalue weighted by Gasteiger charge is 2.11. The summed E-state index contributed by atoms with van der Waals surface area (Å²) in [6.07, 6.45) is 0.892. The number of aromatic nitrogens is 1. The summed E-state index contributed by atoms with van der Waals surface area (Å²) >= 11 is 6.19. The Morgan fingerprint density at radius 3 is 2.58 bits per heavy atom. The predicted molar refractivity (Wildman–Crippen MR) is 79.6 cm³/mol. The van der Waals surface area contributed by atoms with Gasteiger partial charge in [-0.15, -0.1) is 0 Å². The predicted octanol–water partition coefficient (Wildman–Crippen LogP) is 3.26. The van der Waals surface area contributed by atoms with E-state index in [1.807, 2.05) is 18.2 Å². The van der Waals surface area contributed by atoms with Crippen molar-refractivity contribution >= 4 is 11.6 Å². The molecule has 0 atom stereocenters. The highest BCUT2D eigenvalue weighted by molar-refractivity contribution is 6.32. The lowest BCUT2D eigenvalue weighted by molar-refractivity contribution is 0.415. The van der Waals surface area contributed by atoms with Gasteiger partial charge in [0.05, 0.1) is 12.1 Å². The van der Waals surface area contributed by atoms with Crippen LogP contribution in [0.2, 0.25) is 5.02 Å². The molecule has 0 amide bonds. The highest BCUT2D eigenvalue weighted by Crippen LogP contribution is 2.29. The molecule has 4 heteroatoms. The second-order valence-electron chi connectivity index (χ2n) is 4.59.